The number of amides is 1. The Kier molecular flexibility index (Phi) is 8.34. The van der Waals surface area contributed by atoms with Crippen LogP contribution < -0.4 is 10.6 Å². The summed E-state index contributed by atoms with van der Waals surface area (Å²) in [5.74, 6) is -1.91. The van der Waals surface area contributed by atoms with Crippen molar-refractivity contribution in [1.82, 2.24) is 5.32 Å². The molecular weight excluding hydrogens is 336 g/mol. The van der Waals surface area contributed by atoms with E-state index >= 15 is 0 Å². The van der Waals surface area contributed by atoms with Gasteiger partial charge in [-0.2, -0.15) is 0 Å². The van der Waals surface area contributed by atoms with Crippen LogP contribution in [-0.2, 0) is 23.9 Å². The molecule has 0 aliphatic heterocycles. The van der Waals surface area contributed by atoms with Crippen molar-refractivity contribution in [3.63, 3.8) is 0 Å². The molecule has 0 radical (unpaired) electrons. The number of carbonyl (C=O) groups excluding carboxylic acids is 3. The highest BCUT2D eigenvalue weighted by Crippen LogP contribution is 2.19. The molecule has 7 nitrogen and oxygen atoms in total. The quantitative estimate of drug-likeness (QED) is 0.319. The van der Waals surface area contributed by atoms with Gasteiger partial charge in [-0.25, -0.2) is 9.59 Å². The molecule has 1 aromatic carbocycles. The number of nitrogens with one attached hydrogen (secondary N) is 2. The van der Waals surface area contributed by atoms with Crippen LogP contribution in [0, 0.1) is 13.8 Å². The van der Waals surface area contributed by atoms with Gasteiger partial charge >= 0.3 is 11.9 Å². The summed E-state index contributed by atoms with van der Waals surface area (Å²) in [4.78, 5) is 36.2. The predicted octanol–water partition coefficient (Wildman–Crippen LogP) is 2.23. The molecule has 0 saturated heterocycles. The first kappa shape index (κ1) is 21.2. The molecule has 1 rings (SSSR count). The number of esters is 2. The minimum Gasteiger partial charge on any atom is -0.462 e. The van der Waals surface area contributed by atoms with Crippen LogP contribution in [-0.4, -0.2) is 37.1 Å². The van der Waals surface area contributed by atoms with E-state index in [-0.39, 0.29) is 24.7 Å². The van der Waals surface area contributed by atoms with Crippen LogP contribution in [0.4, 0.5) is 5.69 Å². The first-order valence-corrected chi connectivity index (χ1v) is 8.49. The topological polar surface area (TPSA) is 93.7 Å². The monoisotopic (exact) mass is 362 g/mol. The van der Waals surface area contributed by atoms with Gasteiger partial charge in [0.15, 0.2) is 5.57 Å². The smallest absolute Gasteiger partial charge is 0.347 e. The lowest BCUT2D eigenvalue weighted by Crippen LogP contribution is -2.36. The van der Waals surface area contributed by atoms with E-state index in [9.17, 15) is 14.4 Å². The van der Waals surface area contributed by atoms with E-state index in [2.05, 4.69) is 10.6 Å². The lowest BCUT2D eigenvalue weighted by atomic mass is 10.1. The third-order valence-electron chi connectivity index (χ3n) is 3.59. The van der Waals surface area contributed by atoms with Crippen LogP contribution in [0.1, 0.15) is 31.9 Å². The predicted molar refractivity (Wildman–Crippen MR) is 98.5 cm³/mol. The number of hydrogen-bond donors (Lipinski definition) is 2. The highest BCUT2D eigenvalue weighted by Gasteiger charge is 2.22. The van der Waals surface area contributed by atoms with Gasteiger partial charge in [0.1, 0.15) is 6.04 Å². The molecule has 0 aliphatic carbocycles. The molecule has 0 spiro atoms. The van der Waals surface area contributed by atoms with E-state index in [0.29, 0.717) is 0 Å². The Morgan fingerprint density at radius 3 is 2.00 bits per heavy atom. The van der Waals surface area contributed by atoms with Gasteiger partial charge in [0.05, 0.1) is 13.2 Å². The van der Waals surface area contributed by atoms with Crippen LogP contribution in [0.2, 0.25) is 0 Å². The third kappa shape index (κ3) is 5.91. The van der Waals surface area contributed by atoms with Crippen molar-refractivity contribution in [2.45, 2.75) is 40.7 Å². The highest BCUT2D eigenvalue weighted by molar-refractivity contribution is 6.14. The average Bonchev–Trinajstić information content (AvgIpc) is 2.58. The lowest BCUT2D eigenvalue weighted by Gasteiger charge is -2.16. The van der Waals surface area contributed by atoms with E-state index in [1.807, 2.05) is 32.0 Å². The maximum Gasteiger partial charge on any atom is 0.347 e. The number of ether oxygens (including phenoxy) is 2. The van der Waals surface area contributed by atoms with Gasteiger partial charge in [0.25, 0.3) is 0 Å². The van der Waals surface area contributed by atoms with Gasteiger partial charge in [-0.3, -0.25) is 4.79 Å². The number of aryl methyl sites for hydroxylation is 2. The summed E-state index contributed by atoms with van der Waals surface area (Å²) in [6.07, 6.45) is 1.16. The Morgan fingerprint density at radius 1 is 1.04 bits per heavy atom. The molecule has 0 saturated carbocycles. The van der Waals surface area contributed by atoms with Crippen molar-refractivity contribution in [2.75, 3.05) is 18.5 Å². The van der Waals surface area contributed by atoms with Crippen molar-refractivity contribution in [3.8, 4) is 0 Å². The first-order chi connectivity index (χ1) is 12.3. The zero-order valence-corrected chi connectivity index (χ0v) is 15.8. The summed E-state index contributed by atoms with van der Waals surface area (Å²) in [5.41, 5.74) is 2.34. The summed E-state index contributed by atoms with van der Waals surface area (Å²) in [7, 11) is 0. The second kappa shape index (κ2) is 10.2. The molecule has 0 bridgehead atoms. The van der Waals surface area contributed by atoms with Crippen LogP contribution >= 0.6 is 0 Å². The Bertz CT molecular complexity index is 657. The van der Waals surface area contributed by atoms with Crippen LogP contribution in [0.25, 0.3) is 0 Å². The zero-order chi connectivity index (χ0) is 19.7. The second-order valence-corrected chi connectivity index (χ2v) is 5.64. The third-order valence-corrected chi connectivity index (χ3v) is 3.59. The van der Waals surface area contributed by atoms with Crippen molar-refractivity contribution in [3.05, 3.63) is 41.1 Å². The molecule has 0 heterocycles. The molecule has 1 amide bonds. The van der Waals surface area contributed by atoms with Crippen LogP contribution in [0.5, 0.6) is 0 Å². The summed E-state index contributed by atoms with van der Waals surface area (Å²) >= 11 is 0. The summed E-state index contributed by atoms with van der Waals surface area (Å²) in [5, 5.41) is 5.59. The Hall–Kier alpha value is -2.83. The number of anilines is 1. The number of benzene rings is 1. The highest BCUT2D eigenvalue weighted by atomic mass is 16.6. The van der Waals surface area contributed by atoms with E-state index in [0.717, 1.165) is 23.0 Å². The molecule has 0 aliphatic rings. The van der Waals surface area contributed by atoms with E-state index in [1.54, 1.807) is 20.8 Å². The van der Waals surface area contributed by atoms with E-state index < -0.39 is 18.0 Å². The standard InChI is InChI=1S/C19H26N2O5/c1-6-25-18(23)15(19(24)26-7-2)11-20-14(5)17(22)21-16-12(3)9-8-10-13(16)4/h8-11,14,20H,6-7H2,1-5H3,(H,21,22)/t14-/m0/s1. The molecule has 0 unspecified atom stereocenters. The molecule has 0 aromatic heterocycles. The van der Waals surface area contributed by atoms with E-state index in [1.165, 1.54) is 0 Å². The molecule has 1 aromatic rings. The minimum atomic E-state index is -0.805. The first-order valence-electron chi connectivity index (χ1n) is 8.49. The molecule has 2 N–H and O–H groups in total. The normalized spacial score (nSPS) is 11.1. The maximum absolute atomic E-state index is 12.4. The van der Waals surface area contributed by atoms with Gasteiger partial charge in [-0.1, -0.05) is 18.2 Å². The molecular formula is C19H26N2O5. The fraction of sp³-hybridized carbons (Fsp3) is 0.421. The Morgan fingerprint density at radius 2 is 1.54 bits per heavy atom. The van der Waals surface area contributed by atoms with Gasteiger partial charge in [-0.15, -0.1) is 0 Å². The number of hydrogen-bond acceptors (Lipinski definition) is 6. The number of carbonyl (C=O) groups is 3. The number of para-hydroxylation sites is 1. The van der Waals surface area contributed by atoms with E-state index in [4.69, 9.17) is 9.47 Å². The minimum absolute atomic E-state index is 0.123. The Balaban J connectivity index is 2.86. The largest absolute Gasteiger partial charge is 0.462 e. The molecule has 0 fully saturated rings. The fourth-order valence-corrected chi connectivity index (χ4v) is 2.15. The second-order valence-electron chi connectivity index (χ2n) is 5.64. The van der Waals surface area contributed by atoms with Crippen LogP contribution in [0.3, 0.4) is 0 Å². The number of rotatable bonds is 8. The summed E-state index contributed by atoms with van der Waals surface area (Å²) < 4.78 is 9.69. The lowest BCUT2D eigenvalue weighted by molar-refractivity contribution is -0.146. The summed E-state index contributed by atoms with van der Waals surface area (Å²) in [6, 6.07) is 5.03. The van der Waals surface area contributed by atoms with Crippen molar-refractivity contribution < 1.29 is 23.9 Å². The van der Waals surface area contributed by atoms with Gasteiger partial charge < -0.3 is 20.1 Å². The van der Waals surface area contributed by atoms with Gasteiger partial charge in [-0.05, 0) is 45.7 Å². The van der Waals surface area contributed by atoms with Gasteiger partial charge in [0, 0.05) is 11.9 Å². The van der Waals surface area contributed by atoms with Gasteiger partial charge in [0.2, 0.25) is 5.91 Å². The van der Waals surface area contributed by atoms with Crippen molar-refractivity contribution in [2.24, 2.45) is 0 Å². The van der Waals surface area contributed by atoms with Crippen molar-refractivity contribution >= 4 is 23.5 Å². The SMILES string of the molecule is CCOC(=O)C(=CN[C@@H](C)C(=O)Nc1c(C)cccc1C)C(=O)OCC. The molecule has 1 atom stereocenters. The molecule has 7 heteroatoms. The summed E-state index contributed by atoms with van der Waals surface area (Å²) in [6.45, 7) is 8.94. The zero-order valence-electron chi connectivity index (χ0n) is 15.8. The van der Waals surface area contributed by atoms with Crippen molar-refractivity contribution in [1.29, 1.82) is 0 Å². The molecule has 26 heavy (non-hydrogen) atoms. The average molecular weight is 362 g/mol. The molecule has 142 valence electrons. The van der Waals surface area contributed by atoms with Crippen LogP contribution in [0.15, 0.2) is 30.0 Å². The Labute approximate surface area is 153 Å². The fourth-order valence-electron chi connectivity index (χ4n) is 2.15. The maximum atomic E-state index is 12.4.